The van der Waals surface area contributed by atoms with Crippen molar-refractivity contribution in [3.05, 3.63) is 144 Å². The van der Waals surface area contributed by atoms with Crippen LogP contribution < -0.4 is 4.90 Å². The average molecular weight is 691 g/mol. The van der Waals surface area contributed by atoms with Crippen LogP contribution in [0.3, 0.4) is 0 Å². The van der Waals surface area contributed by atoms with Crippen molar-refractivity contribution >= 4 is 30.9 Å². The van der Waals surface area contributed by atoms with Gasteiger partial charge in [-0.15, -0.1) is 0 Å². The van der Waals surface area contributed by atoms with E-state index in [1.165, 1.54) is 77.9 Å². The molecule has 0 aliphatic heterocycles. The van der Waals surface area contributed by atoms with Gasteiger partial charge >= 0.3 is 0 Å². The second-order valence-electron chi connectivity index (χ2n) is 18.0. The number of allylic oxidation sites excluding steroid dienone is 4. The molecule has 3 heteroatoms. The molecule has 0 aromatic heterocycles. The number of fused-ring (bicyclic) bond motifs is 4. The fourth-order valence-electron chi connectivity index (χ4n) is 11.3. The van der Waals surface area contributed by atoms with Gasteiger partial charge in [0.25, 0.3) is 0 Å². The van der Waals surface area contributed by atoms with Gasteiger partial charge in [-0.2, -0.15) is 0 Å². The van der Waals surface area contributed by atoms with Crippen molar-refractivity contribution in [2.75, 3.05) is 4.90 Å². The lowest BCUT2D eigenvalue weighted by molar-refractivity contribution is 0.140. The monoisotopic (exact) mass is 690 g/mol. The molecular weight excluding hydrogens is 633 g/mol. The molecule has 0 N–H and O–H groups in total. The second kappa shape index (κ2) is 13.1. The minimum absolute atomic E-state index is 0.0764. The van der Waals surface area contributed by atoms with Gasteiger partial charge in [0.05, 0.1) is 0 Å². The zero-order chi connectivity index (χ0) is 35.5. The highest BCUT2D eigenvalue weighted by atomic mass is 28.3. The number of nitrogens with zero attached hydrogens (tertiary/aromatic N) is 2. The summed E-state index contributed by atoms with van der Waals surface area (Å²) < 4.78 is 3.13. The summed E-state index contributed by atoms with van der Waals surface area (Å²) in [5.74, 6) is 1.62. The number of hydrogen-bond donors (Lipinski definition) is 0. The maximum atomic E-state index is 3.13. The summed E-state index contributed by atoms with van der Waals surface area (Å²) in [5.41, 5.74) is 11.9. The van der Waals surface area contributed by atoms with Gasteiger partial charge in [-0.25, -0.2) is 0 Å². The van der Waals surface area contributed by atoms with Crippen LogP contribution in [0.5, 0.6) is 0 Å². The third-order valence-corrected chi connectivity index (χ3v) is 17.9. The van der Waals surface area contributed by atoms with Crippen molar-refractivity contribution in [1.82, 2.24) is 4.57 Å². The summed E-state index contributed by atoms with van der Waals surface area (Å²) in [4.78, 5) is 2.41. The molecule has 0 saturated heterocycles. The summed E-state index contributed by atoms with van der Waals surface area (Å²) in [6.45, 7) is 18.0. The Balaban J connectivity index is 1.24. The maximum Gasteiger partial charge on any atom is 0.126 e. The predicted octanol–water partition coefficient (Wildman–Crippen LogP) is 13.2. The Labute approximate surface area is 309 Å². The van der Waals surface area contributed by atoms with Gasteiger partial charge in [0.15, 0.2) is 0 Å². The Kier molecular flexibility index (Phi) is 8.83. The quantitative estimate of drug-likeness (QED) is 0.178. The smallest absolute Gasteiger partial charge is 0.126 e. The van der Waals surface area contributed by atoms with E-state index in [9.17, 15) is 0 Å². The van der Waals surface area contributed by atoms with E-state index >= 15 is 0 Å². The molecule has 2 fully saturated rings. The molecule has 4 aliphatic rings. The molecule has 2 saturated carbocycles. The fraction of sp³-hybridized carbons (Fsp3) is 0.417. The summed E-state index contributed by atoms with van der Waals surface area (Å²) in [6.07, 6.45) is 13.8. The van der Waals surface area contributed by atoms with Crippen LogP contribution in [0.25, 0.3) is 5.57 Å². The van der Waals surface area contributed by atoms with E-state index in [0.29, 0.717) is 23.3 Å². The van der Waals surface area contributed by atoms with Gasteiger partial charge < -0.3 is 9.47 Å². The summed E-state index contributed by atoms with van der Waals surface area (Å²) in [5, 5.41) is 0. The Hall–Kier alpha value is -3.66. The first-order valence-electron chi connectivity index (χ1n) is 19.8. The predicted molar refractivity (Wildman–Crippen MR) is 221 cm³/mol. The Morgan fingerprint density at radius 1 is 0.667 bits per heavy atom. The third kappa shape index (κ3) is 5.99. The van der Waals surface area contributed by atoms with Gasteiger partial charge in [-0.3, -0.25) is 0 Å². The Morgan fingerprint density at radius 2 is 1.25 bits per heavy atom. The maximum absolute atomic E-state index is 3.13. The van der Waals surface area contributed by atoms with Gasteiger partial charge in [0.1, 0.15) is 8.24 Å². The number of rotatable bonds is 7. The first kappa shape index (κ1) is 34.4. The van der Waals surface area contributed by atoms with Crippen LogP contribution in [-0.2, 0) is 5.41 Å². The minimum Gasteiger partial charge on any atom is -0.316 e. The Morgan fingerprint density at radius 3 is 1.84 bits per heavy atom. The highest BCUT2D eigenvalue weighted by Gasteiger charge is 2.56. The lowest BCUT2D eigenvalue weighted by atomic mass is 9.73. The average Bonchev–Trinajstić information content (AvgIpc) is 3.61. The van der Waals surface area contributed by atoms with Crippen LogP contribution in [0.2, 0.25) is 18.6 Å². The molecular formula is C48H58N2Si. The van der Waals surface area contributed by atoms with E-state index in [-0.39, 0.29) is 11.0 Å². The third-order valence-electron chi connectivity index (χ3n) is 13.2. The minimum atomic E-state index is -1.92. The molecule has 0 amide bonds. The summed E-state index contributed by atoms with van der Waals surface area (Å²) >= 11 is 0. The molecule has 4 aromatic rings. The first-order chi connectivity index (χ1) is 24.5. The number of anilines is 3. The Bertz CT molecular complexity index is 1870. The zero-order valence-corrected chi connectivity index (χ0v) is 33.1. The van der Waals surface area contributed by atoms with E-state index in [1.807, 2.05) is 0 Å². The van der Waals surface area contributed by atoms with E-state index < -0.39 is 8.24 Å². The van der Waals surface area contributed by atoms with Gasteiger partial charge in [0.2, 0.25) is 0 Å². The number of benzene rings is 4. The lowest BCUT2D eigenvalue weighted by Gasteiger charge is -2.55. The van der Waals surface area contributed by atoms with E-state index in [2.05, 4.69) is 179 Å². The van der Waals surface area contributed by atoms with Crippen molar-refractivity contribution in [3.8, 4) is 0 Å². The van der Waals surface area contributed by atoms with Crippen LogP contribution in [0.4, 0.5) is 17.1 Å². The molecule has 8 rings (SSSR count). The molecule has 4 aromatic carbocycles. The molecule has 264 valence electrons. The first-order valence-corrected chi connectivity index (χ1v) is 22.8. The highest BCUT2D eigenvalue weighted by molar-refractivity contribution is 6.76. The molecule has 51 heavy (non-hydrogen) atoms. The molecule has 4 aliphatic carbocycles. The van der Waals surface area contributed by atoms with Crippen LogP contribution >= 0.6 is 0 Å². The SMILES string of the molecule is CC1(C)C2=CC3C(c4ccccc4)CC([Si](C)(C)N(C4CCCCC4)C(C)(C)C)C3C=C2c2ccc(N(c3ccccc3)c3ccccc3)cc21. The van der Waals surface area contributed by atoms with Gasteiger partial charge in [-0.1, -0.05) is 131 Å². The standard InChI is InChI=1S/C48H58N2Si/c1-47(2,3)50(37-26-18-11-19-27-37)51(6,7)46-33-40(34-20-12-8-13-21-34)41-32-45-42(31-43(41)46)39-29-28-38(30-44(39)48(45,4)5)49(35-22-14-9-15-23-35)36-24-16-10-17-25-36/h8-10,12-17,20-25,28-32,37,40-41,43,46H,11,18-19,26-27,33H2,1-7H3. The van der Waals surface area contributed by atoms with E-state index in [0.717, 1.165) is 6.04 Å². The number of hydrogen-bond acceptors (Lipinski definition) is 2. The summed E-state index contributed by atoms with van der Waals surface area (Å²) in [7, 11) is -1.92. The van der Waals surface area contributed by atoms with Crippen molar-refractivity contribution in [1.29, 1.82) is 0 Å². The van der Waals surface area contributed by atoms with Crippen LogP contribution in [0.15, 0.2) is 127 Å². The summed E-state index contributed by atoms with van der Waals surface area (Å²) in [6, 6.07) is 41.3. The second-order valence-corrected chi connectivity index (χ2v) is 22.6. The molecule has 0 spiro atoms. The molecule has 4 unspecified atom stereocenters. The fourth-order valence-corrected chi connectivity index (χ4v) is 16.7. The lowest BCUT2D eigenvalue weighted by Crippen LogP contribution is -2.64. The number of para-hydroxylation sites is 2. The van der Waals surface area contributed by atoms with Crippen molar-refractivity contribution in [3.63, 3.8) is 0 Å². The largest absolute Gasteiger partial charge is 0.316 e. The zero-order valence-electron chi connectivity index (χ0n) is 32.1. The molecule has 0 heterocycles. The normalized spacial score (nSPS) is 24.4. The van der Waals surface area contributed by atoms with Gasteiger partial charge in [0, 0.05) is 34.1 Å². The van der Waals surface area contributed by atoms with Crippen molar-refractivity contribution < 1.29 is 0 Å². The molecule has 2 nitrogen and oxygen atoms in total. The molecule has 4 atom stereocenters. The molecule has 0 bridgehead atoms. The van der Waals surface area contributed by atoms with Crippen LogP contribution in [0, 0.1) is 11.8 Å². The molecule has 0 radical (unpaired) electrons. The van der Waals surface area contributed by atoms with Crippen molar-refractivity contribution in [2.45, 2.75) is 115 Å². The van der Waals surface area contributed by atoms with E-state index in [1.54, 1.807) is 5.57 Å². The van der Waals surface area contributed by atoms with Gasteiger partial charge in [-0.05, 0) is 128 Å². The van der Waals surface area contributed by atoms with Crippen LogP contribution in [-0.4, -0.2) is 24.4 Å². The van der Waals surface area contributed by atoms with E-state index in [4.69, 9.17) is 0 Å². The highest BCUT2D eigenvalue weighted by Crippen LogP contribution is 2.63. The van der Waals surface area contributed by atoms with Crippen molar-refractivity contribution in [2.24, 2.45) is 11.8 Å². The van der Waals surface area contributed by atoms with Crippen LogP contribution in [0.1, 0.15) is 95.8 Å². The topological polar surface area (TPSA) is 6.48 Å².